The maximum absolute atomic E-state index is 10.8. The highest BCUT2D eigenvalue weighted by Gasteiger charge is 2.06. The molecule has 4 nitrogen and oxygen atoms in total. The van der Waals surface area contributed by atoms with E-state index >= 15 is 0 Å². The van der Waals surface area contributed by atoms with E-state index < -0.39 is 0 Å². The molecule has 0 saturated carbocycles. The standard InChI is InChI=1S/C14H11BO4/c16-9-11-5-1-3-7-13(11)18-15-19-14-8-4-2-6-12(14)10-17/h1-10,15H. The van der Waals surface area contributed by atoms with Crippen molar-refractivity contribution in [3.05, 3.63) is 59.7 Å². The predicted molar refractivity (Wildman–Crippen MR) is 72.1 cm³/mol. The van der Waals surface area contributed by atoms with Crippen LogP contribution in [0.15, 0.2) is 48.5 Å². The molecule has 0 heterocycles. The van der Waals surface area contributed by atoms with E-state index in [9.17, 15) is 9.59 Å². The van der Waals surface area contributed by atoms with Gasteiger partial charge >= 0.3 is 7.69 Å². The van der Waals surface area contributed by atoms with Crippen LogP contribution >= 0.6 is 0 Å². The Morgan fingerprint density at radius 3 is 1.58 bits per heavy atom. The quantitative estimate of drug-likeness (QED) is 0.584. The highest BCUT2D eigenvalue weighted by molar-refractivity contribution is 6.21. The van der Waals surface area contributed by atoms with Gasteiger partial charge in [0.25, 0.3) is 0 Å². The van der Waals surface area contributed by atoms with E-state index in [-0.39, 0.29) is 7.69 Å². The van der Waals surface area contributed by atoms with E-state index in [0.717, 1.165) is 0 Å². The second-order valence-corrected chi connectivity index (χ2v) is 3.72. The second-order valence-electron chi connectivity index (χ2n) is 3.72. The number of benzene rings is 2. The molecular formula is C14H11BO4. The van der Waals surface area contributed by atoms with Gasteiger partial charge in [-0.2, -0.15) is 0 Å². The van der Waals surface area contributed by atoms with Gasteiger partial charge in [-0.25, -0.2) is 0 Å². The maximum Gasteiger partial charge on any atom is 0.576 e. The molecule has 19 heavy (non-hydrogen) atoms. The molecule has 0 aliphatic rings. The number of carbonyl (C=O) groups is 2. The van der Waals surface area contributed by atoms with Gasteiger partial charge in [-0.15, -0.1) is 0 Å². The van der Waals surface area contributed by atoms with Crippen LogP contribution in [0, 0.1) is 0 Å². The van der Waals surface area contributed by atoms with E-state index in [1.54, 1.807) is 48.5 Å². The third-order valence-corrected chi connectivity index (χ3v) is 2.52. The van der Waals surface area contributed by atoms with Gasteiger partial charge < -0.3 is 9.31 Å². The molecule has 0 aliphatic heterocycles. The highest BCUT2D eigenvalue weighted by atomic mass is 16.6. The monoisotopic (exact) mass is 254 g/mol. The Morgan fingerprint density at radius 2 is 1.16 bits per heavy atom. The average molecular weight is 254 g/mol. The summed E-state index contributed by atoms with van der Waals surface area (Å²) in [5, 5.41) is 0. The van der Waals surface area contributed by atoms with Crippen LogP contribution in [0.2, 0.25) is 0 Å². The first-order chi connectivity index (χ1) is 9.35. The third kappa shape index (κ3) is 3.22. The number of carbonyl (C=O) groups excluding carboxylic acids is 2. The highest BCUT2D eigenvalue weighted by Crippen LogP contribution is 2.17. The molecule has 5 heteroatoms. The van der Waals surface area contributed by atoms with Crippen LogP contribution in [0.3, 0.4) is 0 Å². The number of hydrogen-bond donors (Lipinski definition) is 0. The minimum absolute atomic E-state index is 0.0737. The van der Waals surface area contributed by atoms with Crippen LogP contribution in [-0.4, -0.2) is 20.3 Å². The molecule has 0 bridgehead atoms. The van der Waals surface area contributed by atoms with Crippen molar-refractivity contribution in [3.8, 4) is 11.5 Å². The largest absolute Gasteiger partial charge is 0.576 e. The van der Waals surface area contributed by atoms with E-state index in [2.05, 4.69) is 0 Å². The molecule has 0 aromatic heterocycles. The third-order valence-electron chi connectivity index (χ3n) is 2.52. The molecule has 2 aromatic carbocycles. The fraction of sp³-hybridized carbons (Fsp3) is 0. The first-order valence-electron chi connectivity index (χ1n) is 5.69. The van der Waals surface area contributed by atoms with E-state index in [4.69, 9.17) is 9.31 Å². The molecule has 0 N–H and O–H groups in total. The minimum Gasteiger partial charge on any atom is -0.528 e. The lowest BCUT2D eigenvalue weighted by Gasteiger charge is -2.10. The van der Waals surface area contributed by atoms with Gasteiger partial charge in [0.15, 0.2) is 12.6 Å². The zero-order valence-corrected chi connectivity index (χ0v) is 10.1. The molecule has 0 amide bonds. The molecule has 0 saturated heterocycles. The molecule has 0 fully saturated rings. The van der Waals surface area contributed by atoms with E-state index in [1.165, 1.54) is 0 Å². The summed E-state index contributed by atoms with van der Waals surface area (Å²) in [6.45, 7) is 0. The number of aldehydes is 2. The van der Waals surface area contributed by atoms with Gasteiger partial charge in [-0.3, -0.25) is 9.59 Å². The molecular weight excluding hydrogens is 243 g/mol. The Hall–Kier alpha value is -2.56. The summed E-state index contributed by atoms with van der Waals surface area (Å²) < 4.78 is 10.7. The van der Waals surface area contributed by atoms with E-state index in [1.807, 2.05) is 0 Å². The number of para-hydroxylation sites is 2. The van der Waals surface area contributed by atoms with Crippen molar-refractivity contribution in [2.24, 2.45) is 0 Å². The van der Waals surface area contributed by atoms with Gasteiger partial charge in [0, 0.05) is 0 Å². The summed E-state index contributed by atoms with van der Waals surface area (Å²) in [7, 11) is -0.0737. The summed E-state index contributed by atoms with van der Waals surface area (Å²) in [5.41, 5.74) is 0.907. The van der Waals surface area contributed by atoms with Crippen LogP contribution in [0.1, 0.15) is 20.7 Å². The molecule has 2 aromatic rings. The van der Waals surface area contributed by atoms with Crippen LogP contribution in [-0.2, 0) is 0 Å². The Morgan fingerprint density at radius 1 is 0.737 bits per heavy atom. The Bertz CT molecular complexity index is 532. The summed E-state index contributed by atoms with van der Waals surface area (Å²) in [6, 6.07) is 13.7. The second kappa shape index (κ2) is 6.40. The SMILES string of the molecule is O=Cc1ccccc1OBOc1ccccc1C=O. The van der Waals surface area contributed by atoms with E-state index in [0.29, 0.717) is 35.2 Å². The Balaban J connectivity index is 2.00. The number of hydrogen-bond acceptors (Lipinski definition) is 4. The van der Waals surface area contributed by atoms with Crippen LogP contribution in [0.4, 0.5) is 0 Å². The van der Waals surface area contributed by atoms with Gasteiger partial charge in [0.2, 0.25) is 0 Å². The fourth-order valence-corrected chi connectivity index (χ4v) is 1.58. The van der Waals surface area contributed by atoms with Gasteiger partial charge in [-0.05, 0) is 24.3 Å². The van der Waals surface area contributed by atoms with Crippen LogP contribution in [0.5, 0.6) is 11.5 Å². The fourth-order valence-electron chi connectivity index (χ4n) is 1.58. The lowest BCUT2D eigenvalue weighted by atomic mass is 10.2. The molecule has 0 unspecified atom stereocenters. The summed E-state index contributed by atoms with van der Waals surface area (Å²) >= 11 is 0. The van der Waals surface area contributed by atoms with Crippen molar-refractivity contribution in [3.63, 3.8) is 0 Å². The molecule has 0 atom stereocenters. The lowest BCUT2D eigenvalue weighted by Crippen LogP contribution is -2.12. The minimum atomic E-state index is -0.0737. The molecule has 0 spiro atoms. The lowest BCUT2D eigenvalue weighted by molar-refractivity contribution is 0.111. The first kappa shape index (κ1) is 12.9. The first-order valence-corrected chi connectivity index (χ1v) is 5.69. The van der Waals surface area contributed by atoms with Crippen LogP contribution in [0.25, 0.3) is 0 Å². The number of rotatable bonds is 6. The molecule has 94 valence electrons. The zero-order chi connectivity index (χ0) is 13.5. The van der Waals surface area contributed by atoms with Crippen molar-refractivity contribution in [2.75, 3.05) is 0 Å². The Kier molecular flexibility index (Phi) is 4.34. The molecule has 0 aliphatic carbocycles. The van der Waals surface area contributed by atoms with Crippen molar-refractivity contribution in [2.45, 2.75) is 0 Å². The predicted octanol–water partition coefficient (Wildman–Crippen LogP) is 2.04. The van der Waals surface area contributed by atoms with Gasteiger partial charge in [0.1, 0.15) is 11.5 Å². The maximum atomic E-state index is 10.8. The summed E-state index contributed by atoms with van der Waals surface area (Å²) in [6.07, 6.45) is 1.43. The van der Waals surface area contributed by atoms with Crippen LogP contribution < -0.4 is 9.31 Å². The molecule has 0 radical (unpaired) electrons. The average Bonchev–Trinajstić information content (AvgIpc) is 2.48. The van der Waals surface area contributed by atoms with Crippen molar-refractivity contribution >= 4 is 20.3 Å². The smallest absolute Gasteiger partial charge is 0.528 e. The van der Waals surface area contributed by atoms with Crippen molar-refractivity contribution < 1.29 is 18.9 Å². The Labute approximate surface area is 111 Å². The summed E-state index contributed by atoms with van der Waals surface area (Å²) in [4.78, 5) is 21.6. The topological polar surface area (TPSA) is 52.6 Å². The van der Waals surface area contributed by atoms with Crippen molar-refractivity contribution in [1.29, 1.82) is 0 Å². The zero-order valence-electron chi connectivity index (χ0n) is 10.1. The van der Waals surface area contributed by atoms with Gasteiger partial charge in [0.05, 0.1) is 11.1 Å². The van der Waals surface area contributed by atoms with Crippen molar-refractivity contribution in [1.82, 2.24) is 0 Å². The normalized spacial score (nSPS) is 9.47. The van der Waals surface area contributed by atoms with Gasteiger partial charge in [-0.1, -0.05) is 24.3 Å². The molecule has 2 rings (SSSR count). The summed E-state index contributed by atoms with van der Waals surface area (Å²) in [5.74, 6) is 0.891.